The van der Waals surface area contributed by atoms with Crippen LogP contribution in [0.2, 0.25) is 0 Å². The average molecular weight is 1090 g/mol. The maximum Gasteiger partial charge on any atom is 0.335 e. The van der Waals surface area contributed by atoms with Crippen molar-refractivity contribution in [2.75, 3.05) is 13.2 Å². The lowest BCUT2D eigenvalue weighted by Gasteiger charge is -2.40. The minimum absolute atomic E-state index is 0.0629. The predicted molar refractivity (Wildman–Crippen MR) is 312 cm³/mol. The summed E-state index contributed by atoms with van der Waals surface area (Å²) in [6.45, 7) is 5.90. The molecule has 0 aromatic carbocycles. The van der Waals surface area contributed by atoms with Crippen LogP contribution in [0.15, 0.2) is 48.6 Å². The number of esters is 3. The summed E-state index contributed by atoms with van der Waals surface area (Å²) >= 11 is 0. The summed E-state index contributed by atoms with van der Waals surface area (Å²) in [4.78, 5) is 51.2. The maximum atomic E-state index is 13.2. The van der Waals surface area contributed by atoms with Crippen LogP contribution in [-0.4, -0.2) is 89.2 Å². The van der Waals surface area contributed by atoms with Crippen molar-refractivity contribution >= 4 is 23.9 Å². The van der Waals surface area contributed by atoms with Gasteiger partial charge in [0.15, 0.2) is 24.6 Å². The Morgan fingerprint density at radius 1 is 0.442 bits per heavy atom. The number of carbonyl (C=O) groups excluding carboxylic acids is 3. The first-order valence-corrected chi connectivity index (χ1v) is 31.6. The zero-order valence-corrected chi connectivity index (χ0v) is 49.2. The van der Waals surface area contributed by atoms with Crippen LogP contribution in [0.5, 0.6) is 0 Å². The van der Waals surface area contributed by atoms with Gasteiger partial charge in [-0.05, 0) is 77.0 Å². The molecule has 0 bridgehead atoms. The Kier molecular flexibility index (Phi) is 49.7. The van der Waals surface area contributed by atoms with Crippen LogP contribution in [0, 0.1) is 0 Å². The second-order valence-electron chi connectivity index (χ2n) is 21.7. The molecule has 0 aromatic rings. The van der Waals surface area contributed by atoms with Crippen LogP contribution in [0.4, 0.5) is 0 Å². The second kappa shape index (κ2) is 53.3. The summed E-state index contributed by atoms with van der Waals surface area (Å²) in [6.07, 6.45) is 52.1. The first-order chi connectivity index (χ1) is 37.6. The maximum absolute atomic E-state index is 13.2. The molecule has 6 unspecified atom stereocenters. The molecule has 12 heteroatoms. The summed E-state index contributed by atoms with van der Waals surface area (Å²) in [5.74, 6) is -3.12. The Bertz CT molecular complexity index is 1520. The second-order valence-corrected chi connectivity index (χ2v) is 21.7. The highest BCUT2D eigenvalue weighted by Gasteiger charge is 2.50. The standard InChI is InChI=1S/C65H114O12/c1-4-7-10-13-16-19-22-25-28-29-32-33-36-39-42-45-48-51-57(66)73-54-56(75-58(67)52-49-46-43-40-37-34-30-26-23-20-17-14-11-8-5-2)55-74-65-63(61(70)60(69)62(77-65)64(71)72)76-59(68)53-50-47-44-41-38-35-31-27-24-21-18-15-12-9-6-3/h7,10,16,19,25-26,28,30,56,60-63,65,69-70H,4-6,8-9,11-15,17-18,20-24,27,29,31-55H2,1-3H3,(H,71,72)/b10-7-,19-16-,28-25-,30-26-. The molecule has 446 valence electrons. The van der Waals surface area contributed by atoms with Crippen molar-refractivity contribution < 1.29 is 58.2 Å². The Morgan fingerprint density at radius 3 is 1.26 bits per heavy atom. The first kappa shape index (κ1) is 71.7. The molecule has 6 atom stereocenters. The molecule has 3 N–H and O–H groups in total. The smallest absolute Gasteiger partial charge is 0.335 e. The van der Waals surface area contributed by atoms with Gasteiger partial charge in [-0.3, -0.25) is 14.4 Å². The summed E-state index contributed by atoms with van der Waals surface area (Å²) in [5.41, 5.74) is 0. The monoisotopic (exact) mass is 1090 g/mol. The van der Waals surface area contributed by atoms with Crippen LogP contribution in [-0.2, 0) is 42.9 Å². The number of carboxylic acids is 1. The number of carbonyl (C=O) groups is 4. The van der Waals surface area contributed by atoms with Gasteiger partial charge in [0.05, 0.1) is 6.61 Å². The number of rotatable bonds is 54. The fraction of sp³-hybridized carbons (Fsp3) is 0.815. The Balaban J connectivity index is 2.67. The summed E-state index contributed by atoms with van der Waals surface area (Å²) in [5, 5.41) is 31.5. The molecule has 12 nitrogen and oxygen atoms in total. The van der Waals surface area contributed by atoms with Crippen LogP contribution in [0.3, 0.4) is 0 Å². The van der Waals surface area contributed by atoms with Crippen LogP contribution >= 0.6 is 0 Å². The molecule has 77 heavy (non-hydrogen) atoms. The van der Waals surface area contributed by atoms with Crippen molar-refractivity contribution in [3.63, 3.8) is 0 Å². The molecule has 1 heterocycles. The molecule has 0 saturated carbocycles. The van der Waals surface area contributed by atoms with E-state index in [-0.39, 0.29) is 25.9 Å². The van der Waals surface area contributed by atoms with E-state index in [2.05, 4.69) is 69.4 Å². The fourth-order valence-corrected chi connectivity index (χ4v) is 9.56. The van der Waals surface area contributed by atoms with Gasteiger partial charge < -0.3 is 39.0 Å². The lowest BCUT2D eigenvalue weighted by molar-refractivity contribution is -0.301. The quantitative estimate of drug-likeness (QED) is 0.0228. The van der Waals surface area contributed by atoms with Crippen molar-refractivity contribution in [2.45, 2.75) is 327 Å². The highest BCUT2D eigenvalue weighted by atomic mass is 16.7. The molecular formula is C65H114O12. The Morgan fingerprint density at radius 2 is 0.818 bits per heavy atom. The summed E-state index contributed by atoms with van der Waals surface area (Å²) in [7, 11) is 0. The van der Waals surface area contributed by atoms with E-state index < -0.39 is 67.3 Å². The molecule has 0 aliphatic carbocycles. The molecule has 0 radical (unpaired) electrons. The molecule has 0 amide bonds. The minimum Gasteiger partial charge on any atom is -0.479 e. The molecule has 1 rings (SSSR count). The van der Waals surface area contributed by atoms with E-state index in [1.807, 2.05) is 0 Å². The van der Waals surface area contributed by atoms with Crippen molar-refractivity contribution in [1.82, 2.24) is 0 Å². The molecular weight excluding hydrogens is 973 g/mol. The van der Waals surface area contributed by atoms with Crippen molar-refractivity contribution in [2.24, 2.45) is 0 Å². The van der Waals surface area contributed by atoms with Gasteiger partial charge >= 0.3 is 23.9 Å². The summed E-state index contributed by atoms with van der Waals surface area (Å²) in [6, 6.07) is 0. The predicted octanol–water partition coefficient (Wildman–Crippen LogP) is 16.6. The number of ether oxygens (including phenoxy) is 5. The molecule has 0 spiro atoms. The lowest BCUT2D eigenvalue weighted by atomic mass is 9.98. The number of allylic oxidation sites excluding steroid dienone is 8. The first-order valence-electron chi connectivity index (χ1n) is 31.6. The molecule has 1 aliphatic heterocycles. The van der Waals surface area contributed by atoms with Gasteiger partial charge in [0.2, 0.25) is 0 Å². The van der Waals surface area contributed by atoms with E-state index in [0.29, 0.717) is 19.3 Å². The third-order valence-electron chi connectivity index (χ3n) is 14.4. The van der Waals surface area contributed by atoms with E-state index in [1.165, 1.54) is 116 Å². The van der Waals surface area contributed by atoms with Gasteiger partial charge in [-0.2, -0.15) is 0 Å². The number of hydrogen-bond acceptors (Lipinski definition) is 11. The van der Waals surface area contributed by atoms with Gasteiger partial charge in [-0.25, -0.2) is 4.79 Å². The number of hydrogen-bond donors (Lipinski definition) is 3. The zero-order valence-electron chi connectivity index (χ0n) is 49.2. The highest BCUT2D eigenvalue weighted by molar-refractivity contribution is 5.74. The molecule has 1 fully saturated rings. The SMILES string of the molecule is CC/C=C\C/C=C\C/C=C\CCCCCCCCCC(=O)OCC(COC1OC(C(=O)O)C(O)C(O)C1OC(=O)CCCCCCCCCCCCCCCCC)OC(=O)CCCCCCC/C=C\CCCCCCCC. The van der Waals surface area contributed by atoms with Crippen molar-refractivity contribution in [3.8, 4) is 0 Å². The van der Waals surface area contributed by atoms with E-state index in [4.69, 9.17) is 23.7 Å². The topological polar surface area (TPSA) is 175 Å². The van der Waals surface area contributed by atoms with Crippen molar-refractivity contribution in [1.29, 1.82) is 0 Å². The van der Waals surface area contributed by atoms with Crippen molar-refractivity contribution in [3.05, 3.63) is 48.6 Å². The van der Waals surface area contributed by atoms with E-state index in [9.17, 15) is 34.5 Å². The highest BCUT2D eigenvalue weighted by Crippen LogP contribution is 2.27. The van der Waals surface area contributed by atoms with Crippen LogP contribution < -0.4 is 0 Å². The number of aliphatic carboxylic acids is 1. The van der Waals surface area contributed by atoms with Gasteiger partial charge in [-0.15, -0.1) is 0 Å². The number of unbranched alkanes of at least 4 members (excludes halogenated alkanes) is 32. The lowest BCUT2D eigenvalue weighted by Crippen LogP contribution is -2.61. The summed E-state index contributed by atoms with van der Waals surface area (Å²) < 4.78 is 28.5. The van der Waals surface area contributed by atoms with Gasteiger partial charge in [0.25, 0.3) is 0 Å². The van der Waals surface area contributed by atoms with E-state index in [0.717, 1.165) is 116 Å². The number of carboxylic acid groups (broad SMARTS) is 1. The van der Waals surface area contributed by atoms with Crippen LogP contribution in [0.1, 0.15) is 290 Å². The molecule has 1 saturated heterocycles. The van der Waals surface area contributed by atoms with Gasteiger partial charge in [-0.1, -0.05) is 243 Å². The van der Waals surface area contributed by atoms with Gasteiger partial charge in [0.1, 0.15) is 18.8 Å². The number of aliphatic hydroxyl groups is 2. The van der Waals surface area contributed by atoms with E-state index in [1.54, 1.807) is 0 Å². The third kappa shape index (κ3) is 43.2. The minimum atomic E-state index is -1.90. The van der Waals surface area contributed by atoms with Crippen LogP contribution in [0.25, 0.3) is 0 Å². The number of aliphatic hydroxyl groups excluding tert-OH is 2. The molecule has 1 aliphatic rings. The Hall–Kier alpha value is -3.32. The average Bonchev–Trinajstić information content (AvgIpc) is 3.42. The van der Waals surface area contributed by atoms with E-state index >= 15 is 0 Å². The fourth-order valence-electron chi connectivity index (χ4n) is 9.56. The zero-order chi connectivity index (χ0) is 56.1. The van der Waals surface area contributed by atoms with Gasteiger partial charge in [0, 0.05) is 19.3 Å². The largest absolute Gasteiger partial charge is 0.479 e. The molecule has 0 aromatic heterocycles. The normalized spacial score (nSPS) is 18.3. The third-order valence-corrected chi connectivity index (χ3v) is 14.4. The Labute approximate surface area is 469 Å².